The van der Waals surface area contributed by atoms with Crippen LogP contribution in [0, 0.1) is 5.92 Å². The van der Waals surface area contributed by atoms with Gasteiger partial charge in [0.15, 0.2) is 9.84 Å². The van der Waals surface area contributed by atoms with Gasteiger partial charge in [-0.1, -0.05) is 44.4 Å². The zero-order valence-corrected chi connectivity index (χ0v) is 13.3. The molecule has 1 aromatic carbocycles. The Morgan fingerprint density at radius 3 is 2.38 bits per heavy atom. The van der Waals surface area contributed by atoms with Crippen molar-refractivity contribution < 1.29 is 18.3 Å². The number of rotatable bonds is 10. The summed E-state index contributed by atoms with van der Waals surface area (Å²) in [5.74, 6) is -0.918. The lowest BCUT2D eigenvalue weighted by Gasteiger charge is -2.16. The van der Waals surface area contributed by atoms with Gasteiger partial charge in [-0.2, -0.15) is 0 Å². The molecule has 0 fully saturated rings. The summed E-state index contributed by atoms with van der Waals surface area (Å²) in [7, 11) is -3.34. The first-order chi connectivity index (χ1) is 9.95. The summed E-state index contributed by atoms with van der Waals surface area (Å²) in [6, 6.07) is 8.37. The molecule has 4 nitrogen and oxygen atoms in total. The number of aliphatic carboxylic acids is 1. The summed E-state index contributed by atoms with van der Waals surface area (Å²) >= 11 is 0. The number of hydrogen-bond acceptors (Lipinski definition) is 3. The summed E-state index contributed by atoms with van der Waals surface area (Å²) in [6.07, 6.45) is 4.29. The maximum atomic E-state index is 12.4. The molecule has 0 aliphatic rings. The van der Waals surface area contributed by atoms with Gasteiger partial charge in [0, 0.05) is 6.42 Å². The predicted octanol–water partition coefficient (Wildman–Crippen LogP) is 3.52. The van der Waals surface area contributed by atoms with Crippen molar-refractivity contribution >= 4 is 15.8 Å². The van der Waals surface area contributed by atoms with Crippen LogP contribution in [0.25, 0.3) is 0 Å². The first-order valence-corrected chi connectivity index (χ1v) is 9.10. The van der Waals surface area contributed by atoms with Gasteiger partial charge in [-0.25, -0.2) is 8.42 Å². The van der Waals surface area contributed by atoms with Crippen LogP contribution in [0.4, 0.5) is 0 Å². The molecular formula is C16H24O4S. The Kier molecular flexibility index (Phi) is 7.43. The lowest BCUT2D eigenvalue weighted by atomic mass is 9.98. The fraction of sp³-hybridized carbons (Fsp3) is 0.562. The molecule has 0 aliphatic carbocycles. The highest BCUT2D eigenvalue weighted by atomic mass is 32.2. The van der Waals surface area contributed by atoms with Crippen LogP contribution < -0.4 is 0 Å². The third-order valence-corrected chi connectivity index (χ3v) is 5.44. The molecule has 0 aromatic heterocycles. The lowest BCUT2D eigenvalue weighted by Crippen LogP contribution is -2.18. The van der Waals surface area contributed by atoms with Crippen molar-refractivity contribution in [1.29, 1.82) is 0 Å². The van der Waals surface area contributed by atoms with Crippen molar-refractivity contribution in [3.8, 4) is 0 Å². The average molecular weight is 312 g/mol. The molecule has 0 spiro atoms. The molecule has 118 valence electrons. The van der Waals surface area contributed by atoms with E-state index in [4.69, 9.17) is 5.11 Å². The first-order valence-electron chi connectivity index (χ1n) is 7.45. The number of hydrogen-bond donors (Lipinski definition) is 1. The maximum Gasteiger partial charge on any atom is 0.303 e. The molecular weight excluding hydrogens is 288 g/mol. The molecule has 21 heavy (non-hydrogen) atoms. The van der Waals surface area contributed by atoms with E-state index in [1.54, 1.807) is 30.3 Å². The number of unbranched alkanes of at least 4 members (excludes halogenated alkanes) is 2. The molecule has 5 heteroatoms. The van der Waals surface area contributed by atoms with Crippen LogP contribution in [0.2, 0.25) is 0 Å². The minimum absolute atomic E-state index is 0.0289. The fourth-order valence-corrected chi connectivity index (χ4v) is 4.07. The van der Waals surface area contributed by atoms with Crippen molar-refractivity contribution in [3.63, 3.8) is 0 Å². The molecule has 1 atom stereocenters. The number of sulfone groups is 1. The minimum atomic E-state index is -3.34. The van der Waals surface area contributed by atoms with Gasteiger partial charge in [0.1, 0.15) is 0 Å². The second-order valence-electron chi connectivity index (χ2n) is 5.39. The SMILES string of the molecule is CCCCC[C@@H](CCC(=O)O)CS(=O)(=O)c1ccccc1. The molecule has 0 saturated heterocycles. The summed E-state index contributed by atoms with van der Waals surface area (Å²) < 4.78 is 24.7. The quantitative estimate of drug-likeness (QED) is 0.671. The molecule has 0 heterocycles. The predicted molar refractivity (Wildman–Crippen MR) is 83.0 cm³/mol. The van der Waals surface area contributed by atoms with E-state index in [1.165, 1.54) is 0 Å². The highest BCUT2D eigenvalue weighted by Gasteiger charge is 2.21. The summed E-state index contributed by atoms with van der Waals surface area (Å²) in [6.45, 7) is 2.09. The molecule has 1 aromatic rings. The van der Waals surface area contributed by atoms with E-state index in [-0.39, 0.29) is 18.1 Å². The molecule has 0 saturated carbocycles. The number of carbonyl (C=O) groups is 1. The van der Waals surface area contributed by atoms with E-state index in [1.807, 2.05) is 0 Å². The summed E-state index contributed by atoms with van der Waals surface area (Å²) in [5.41, 5.74) is 0. The Bertz CT molecular complexity index is 522. The van der Waals surface area contributed by atoms with Gasteiger partial charge in [0.25, 0.3) is 0 Å². The fourth-order valence-electron chi connectivity index (χ4n) is 2.36. The van der Waals surface area contributed by atoms with Crippen LogP contribution in [-0.2, 0) is 14.6 Å². The second-order valence-corrected chi connectivity index (χ2v) is 7.42. The van der Waals surface area contributed by atoms with Crippen LogP contribution in [0.1, 0.15) is 45.4 Å². The van der Waals surface area contributed by atoms with Crippen molar-refractivity contribution in [2.45, 2.75) is 50.3 Å². The minimum Gasteiger partial charge on any atom is -0.481 e. The molecule has 0 bridgehead atoms. The Morgan fingerprint density at radius 2 is 1.81 bits per heavy atom. The third-order valence-electron chi connectivity index (χ3n) is 3.54. The van der Waals surface area contributed by atoms with E-state index >= 15 is 0 Å². The Balaban J connectivity index is 2.71. The molecule has 0 radical (unpaired) electrons. The van der Waals surface area contributed by atoms with Gasteiger partial charge in [-0.15, -0.1) is 0 Å². The Labute approximate surface area is 127 Å². The number of benzene rings is 1. The smallest absolute Gasteiger partial charge is 0.303 e. The third kappa shape index (κ3) is 6.76. The van der Waals surface area contributed by atoms with Gasteiger partial charge in [0.2, 0.25) is 0 Å². The van der Waals surface area contributed by atoms with E-state index in [0.29, 0.717) is 11.3 Å². The van der Waals surface area contributed by atoms with Gasteiger partial charge < -0.3 is 5.11 Å². The van der Waals surface area contributed by atoms with E-state index in [0.717, 1.165) is 25.7 Å². The topological polar surface area (TPSA) is 71.4 Å². The normalized spacial score (nSPS) is 13.0. The van der Waals surface area contributed by atoms with E-state index in [2.05, 4.69) is 6.92 Å². The molecule has 0 unspecified atom stereocenters. The Morgan fingerprint density at radius 1 is 1.14 bits per heavy atom. The van der Waals surface area contributed by atoms with Crippen LogP contribution in [0.5, 0.6) is 0 Å². The zero-order chi connectivity index (χ0) is 15.7. The molecule has 1 rings (SSSR count). The van der Waals surface area contributed by atoms with Crippen LogP contribution in [0.3, 0.4) is 0 Å². The van der Waals surface area contributed by atoms with Crippen molar-refractivity contribution in [1.82, 2.24) is 0 Å². The van der Waals surface area contributed by atoms with Gasteiger partial charge >= 0.3 is 5.97 Å². The summed E-state index contributed by atoms with van der Waals surface area (Å²) in [4.78, 5) is 11.0. The Hall–Kier alpha value is -1.36. The van der Waals surface area contributed by atoms with E-state index < -0.39 is 15.8 Å². The highest BCUT2D eigenvalue weighted by Crippen LogP contribution is 2.22. The van der Waals surface area contributed by atoms with Gasteiger partial charge in [-0.05, 0) is 30.9 Å². The van der Waals surface area contributed by atoms with Gasteiger partial charge in [-0.3, -0.25) is 4.79 Å². The number of carboxylic acid groups (broad SMARTS) is 1. The molecule has 0 aliphatic heterocycles. The van der Waals surface area contributed by atoms with Crippen LogP contribution in [0.15, 0.2) is 35.2 Å². The maximum absolute atomic E-state index is 12.4. The number of carboxylic acids is 1. The van der Waals surface area contributed by atoms with Crippen LogP contribution in [-0.4, -0.2) is 25.2 Å². The zero-order valence-electron chi connectivity index (χ0n) is 12.5. The lowest BCUT2D eigenvalue weighted by molar-refractivity contribution is -0.137. The van der Waals surface area contributed by atoms with Crippen molar-refractivity contribution in [2.24, 2.45) is 5.92 Å². The average Bonchev–Trinajstić information content (AvgIpc) is 2.45. The van der Waals surface area contributed by atoms with Crippen LogP contribution >= 0.6 is 0 Å². The summed E-state index contributed by atoms with van der Waals surface area (Å²) in [5, 5.41) is 8.80. The molecule has 0 amide bonds. The van der Waals surface area contributed by atoms with Crippen molar-refractivity contribution in [3.05, 3.63) is 30.3 Å². The first kappa shape index (κ1) is 17.7. The standard InChI is InChI=1S/C16H24O4S/c1-2-3-5-8-14(11-12-16(17)18)13-21(19,20)15-9-6-4-7-10-15/h4,6-7,9-10,14H,2-3,5,8,11-13H2,1H3,(H,17,18)/t14-/m0/s1. The highest BCUT2D eigenvalue weighted by molar-refractivity contribution is 7.91. The largest absolute Gasteiger partial charge is 0.481 e. The monoisotopic (exact) mass is 312 g/mol. The second kappa shape index (κ2) is 8.82. The van der Waals surface area contributed by atoms with Gasteiger partial charge in [0.05, 0.1) is 10.6 Å². The van der Waals surface area contributed by atoms with E-state index in [9.17, 15) is 13.2 Å². The van der Waals surface area contributed by atoms with Crippen molar-refractivity contribution in [2.75, 3.05) is 5.75 Å². The molecule has 1 N–H and O–H groups in total.